The van der Waals surface area contributed by atoms with Gasteiger partial charge in [-0.15, -0.1) is 0 Å². The van der Waals surface area contributed by atoms with Gasteiger partial charge in [-0.1, -0.05) is 289 Å². The van der Waals surface area contributed by atoms with E-state index in [2.05, 4.69) is 64.2 Å². The van der Waals surface area contributed by atoms with Crippen LogP contribution in [-0.4, -0.2) is 96.7 Å². The van der Waals surface area contributed by atoms with Crippen molar-refractivity contribution in [2.45, 2.75) is 380 Å². The number of hydrogen-bond acceptors (Lipinski definition) is 15. The number of phosphoric acid groups is 2. The molecular weight excluding hydrogens is 1230 g/mol. The SMILES string of the molecule is CCCCC/C=C\C/C=C\CCCCCCCC(=O)O[C@H](COC(=O)CCCCCCCCCCCCCCC)COP(=O)(O)OC[C@@H](O)COP(=O)(O)OC[C@@H](COC(=O)CCCCCCCCCCCCCCC)OC(=O)CCCCCCC/C=C\CCCCCC. The third-order valence-corrected chi connectivity index (χ3v) is 18.5. The molecule has 17 nitrogen and oxygen atoms in total. The number of allylic oxidation sites excluding steroid dienone is 6. The van der Waals surface area contributed by atoms with Crippen LogP contribution in [0.1, 0.15) is 362 Å². The Labute approximate surface area is 573 Å². The Morgan fingerprint density at radius 1 is 0.298 bits per heavy atom. The van der Waals surface area contributed by atoms with Gasteiger partial charge in [-0.3, -0.25) is 37.3 Å². The second-order valence-corrected chi connectivity index (χ2v) is 28.9. The van der Waals surface area contributed by atoms with E-state index in [1.165, 1.54) is 161 Å². The first-order valence-corrected chi connectivity index (χ1v) is 41.2. The Bertz CT molecular complexity index is 1930. The molecule has 0 radical (unpaired) electrons. The van der Waals surface area contributed by atoms with Crippen LogP contribution in [0.5, 0.6) is 0 Å². The van der Waals surface area contributed by atoms with Gasteiger partial charge in [0.1, 0.15) is 19.3 Å². The lowest BCUT2D eigenvalue weighted by Crippen LogP contribution is -2.30. The van der Waals surface area contributed by atoms with Crippen molar-refractivity contribution in [3.63, 3.8) is 0 Å². The highest BCUT2D eigenvalue weighted by Gasteiger charge is 2.30. The number of carbonyl (C=O) groups is 4. The molecule has 0 fully saturated rings. The smallest absolute Gasteiger partial charge is 0.462 e. The minimum Gasteiger partial charge on any atom is -0.462 e. The first-order chi connectivity index (χ1) is 45.7. The van der Waals surface area contributed by atoms with E-state index < -0.39 is 97.5 Å². The first kappa shape index (κ1) is 91.3. The quantitative estimate of drug-likeness (QED) is 0.0169. The number of rotatable bonds is 73. The van der Waals surface area contributed by atoms with Crippen molar-refractivity contribution < 1.29 is 80.2 Å². The maximum absolute atomic E-state index is 13.1. The van der Waals surface area contributed by atoms with Crippen LogP contribution in [0.4, 0.5) is 0 Å². The molecule has 0 saturated carbocycles. The highest BCUT2D eigenvalue weighted by molar-refractivity contribution is 7.47. The fraction of sp³-hybridized carbons (Fsp3) is 0.867. The monoisotopic (exact) mass is 1370 g/mol. The highest BCUT2D eigenvalue weighted by Crippen LogP contribution is 2.45. The lowest BCUT2D eigenvalue weighted by molar-refractivity contribution is -0.161. The van der Waals surface area contributed by atoms with Crippen LogP contribution in [0.2, 0.25) is 0 Å². The van der Waals surface area contributed by atoms with Crippen LogP contribution in [0, 0.1) is 0 Å². The molecule has 0 heterocycles. The summed E-state index contributed by atoms with van der Waals surface area (Å²) in [6.45, 7) is 4.88. The molecule has 0 spiro atoms. The largest absolute Gasteiger partial charge is 0.472 e. The number of hydrogen-bond donors (Lipinski definition) is 3. The Morgan fingerprint density at radius 3 is 0.830 bits per heavy atom. The van der Waals surface area contributed by atoms with E-state index in [-0.39, 0.29) is 25.7 Å². The van der Waals surface area contributed by atoms with Crippen LogP contribution in [-0.2, 0) is 65.4 Å². The molecule has 3 N–H and O–H groups in total. The molecule has 5 atom stereocenters. The summed E-state index contributed by atoms with van der Waals surface area (Å²) in [6, 6.07) is 0. The lowest BCUT2D eigenvalue weighted by Gasteiger charge is -2.21. The predicted octanol–water partition coefficient (Wildman–Crippen LogP) is 21.6. The van der Waals surface area contributed by atoms with E-state index in [4.69, 9.17) is 37.0 Å². The fourth-order valence-electron chi connectivity index (χ4n) is 10.7. The summed E-state index contributed by atoms with van der Waals surface area (Å²) in [5.74, 6) is -2.16. The molecule has 0 aliphatic rings. The second kappa shape index (κ2) is 68.8. The maximum atomic E-state index is 13.1. The van der Waals surface area contributed by atoms with E-state index in [1.807, 2.05) is 0 Å². The highest BCUT2D eigenvalue weighted by atomic mass is 31.2. The van der Waals surface area contributed by atoms with Crippen molar-refractivity contribution in [2.24, 2.45) is 0 Å². The minimum absolute atomic E-state index is 0.0860. The number of carbonyl (C=O) groups excluding carboxylic acids is 4. The average Bonchev–Trinajstić information content (AvgIpc) is 2.26. The molecule has 2 unspecified atom stereocenters. The van der Waals surface area contributed by atoms with Crippen LogP contribution in [0.25, 0.3) is 0 Å². The summed E-state index contributed by atoms with van der Waals surface area (Å²) >= 11 is 0. The molecule has 552 valence electrons. The average molecular weight is 1380 g/mol. The van der Waals surface area contributed by atoms with Crippen molar-refractivity contribution in [3.05, 3.63) is 36.5 Å². The molecule has 0 aromatic carbocycles. The summed E-state index contributed by atoms with van der Waals surface area (Å²) in [5.41, 5.74) is 0. The Hall–Kier alpha value is -2.72. The van der Waals surface area contributed by atoms with E-state index in [9.17, 15) is 43.2 Å². The number of aliphatic hydroxyl groups is 1. The number of unbranched alkanes of at least 4 members (excludes halogenated alkanes) is 41. The third-order valence-electron chi connectivity index (χ3n) is 16.6. The van der Waals surface area contributed by atoms with Gasteiger partial charge in [-0.05, 0) is 83.5 Å². The molecule has 0 saturated heterocycles. The summed E-state index contributed by atoms with van der Waals surface area (Å²) < 4.78 is 68.4. The number of esters is 4. The predicted molar refractivity (Wildman–Crippen MR) is 381 cm³/mol. The third kappa shape index (κ3) is 67.8. The van der Waals surface area contributed by atoms with Gasteiger partial charge >= 0.3 is 39.5 Å². The molecule has 0 aliphatic heterocycles. The Balaban J connectivity index is 5.31. The number of phosphoric ester groups is 2. The molecular formula is C75H140O17P2. The van der Waals surface area contributed by atoms with Crippen molar-refractivity contribution in [1.82, 2.24) is 0 Å². The van der Waals surface area contributed by atoms with E-state index in [1.54, 1.807) is 0 Å². The van der Waals surface area contributed by atoms with Crippen LogP contribution in [0.3, 0.4) is 0 Å². The fourth-order valence-corrected chi connectivity index (χ4v) is 12.3. The van der Waals surface area contributed by atoms with Crippen LogP contribution < -0.4 is 0 Å². The van der Waals surface area contributed by atoms with Crippen molar-refractivity contribution >= 4 is 39.5 Å². The van der Waals surface area contributed by atoms with Gasteiger partial charge in [0.2, 0.25) is 0 Å². The molecule has 0 aromatic heterocycles. The van der Waals surface area contributed by atoms with Gasteiger partial charge in [-0.25, -0.2) is 9.13 Å². The van der Waals surface area contributed by atoms with E-state index in [0.717, 1.165) is 122 Å². The lowest BCUT2D eigenvalue weighted by atomic mass is 10.0. The topological polar surface area (TPSA) is 237 Å². The van der Waals surface area contributed by atoms with Crippen LogP contribution in [0.15, 0.2) is 36.5 Å². The first-order valence-electron chi connectivity index (χ1n) is 38.2. The summed E-state index contributed by atoms with van der Waals surface area (Å²) in [5, 5.41) is 10.6. The van der Waals surface area contributed by atoms with E-state index >= 15 is 0 Å². The zero-order chi connectivity index (χ0) is 69.0. The van der Waals surface area contributed by atoms with Crippen LogP contribution >= 0.6 is 15.6 Å². The zero-order valence-electron chi connectivity index (χ0n) is 60.2. The molecule has 0 aliphatic carbocycles. The van der Waals surface area contributed by atoms with Crippen molar-refractivity contribution in [1.29, 1.82) is 0 Å². The summed E-state index contributed by atoms with van der Waals surface area (Å²) in [4.78, 5) is 72.7. The van der Waals surface area contributed by atoms with E-state index in [0.29, 0.717) is 25.7 Å². The Morgan fingerprint density at radius 2 is 0.521 bits per heavy atom. The summed E-state index contributed by atoms with van der Waals surface area (Å²) in [7, 11) is -9.93. The van der Waals surface area contributed by atoms with Gasteiger partial charge in [0.15, 0.2) is 12.2 Å². The minimum atomic E-state index is -4.96. The molecule has 0 rings (SSSR count). The van der Waals surface area contributed by atoms with Crippen molar-refractivity contribution in [2.75, 3.05) is 39.6 Å². The molecule has 0 aromatic rings. The second-order valence-electron chi connectivity index (χ2n) is 26.0. The zero-order valence-corrected chi connectivity index (χ0v) is 61.9. The molecule has 94 heavy (non-hydrogen) atoms. The van der Waals surface area contributed by atoms with Gasteiger partial charge in [0.05, 0.1) is 26.4 Å². The van der Waals surface area contributed by atoms with Gasteiger partial charge in [-0.2, -0.15) is 0 Å². The number of aliphatic hydroxyl groups excluding tert-OH is 1. The number of ether oxygens (including phenoxy) is 4. The normalized spacial score (nSPS) is 14.2. The van der Waals surface area contributed by atoms with Crippen molar-refractivity contribution in [3.8, 4) is 0 Å². The molecule has 19 heteroatoms. The summed E-state index contributed by atoms with van der Waals surface area (Å²) in [6.07, 6.45) is 62.7. The van der Waals surface area contributed by atoms with Gasteiger partial charge in [0.25, 0.3) is 0 Å². The standard InChI is InChI=1S/C75H140O17P2/c1-5-9-13-17-21-25-29-33-34-38-42-46-50-54-58-62-75(80)92-71(66-86-73(78)60-56-52-48-44-40-36-31-27-23-19-15-11-7-3)68-90-94(83,84)88-64-69(76)63-87-93(81,82)89-67-70(91-74(79)61-57-53-49-45-41-37-32-28-24-20-16-12-8-4)65-85-72(77)59-55-51-47-43-39-35-30-26-22-18-14-10-6-2/h21,25,28,32-34,69-71,76H,5-20,22-24,26-27,29-31,35-68H2,1-4H3,(H,81,82)(H,83,84)/b25-21-,32-28-,34-33-/t69-,70+,71+/m0/s1. The van der Waals surface area contributed by atoms with Gasteiger partial charge < -0.3 is 33.8 Å². The maximum Gasteiger partial charge on any atom is 0.472 e. The molecule has 0 amide bonds. The van der Waals surface area contributed by atoms with Gasteiger partial charge in [0, 0.05) is 25.7 Å². The Kier molecular flexibility index (Phi) is 66.8. The molecule has 0 bridgehead atoms.